The van der Waals surface area contributed by atoms with E-state index in [-0.39, 0.29) is 11.3 Å². The van der Waals surface area contributed by atoms with Crippen LogP contribution in [0.3, 0.4) is 0 Å². The first-order chi connectivity index (χ1) is 8.93. The summed E-state index contributed by atoms with van der Waals surface area (Å²) in [6.07, 6.45) is 2.90. The smallest absolute Gasteiger partial charge is 0.223 e. The molecule has 0 aliphatic carbocycles. The molecule has 1 aromatic heterocycles. The first kappa shape index (κ1) is 15.6. The summed E-state index contributed by atoms with van der Waals surface area (Å²) < 4.78 is 4.86. The maximum absolute atomic E-state index is 11.7. The van der Waals surface area contributed by atoms with Crippen LogP contribution in [0.25, 0.3) is 0 Å². The summed E-state index contributed by atoms with van der Waals surface area (Å²) in [5, 5.41) is 6.63. The molecule has 0 bridgehead atoms. The van der Waals surface area contributed by atoms with Gasteiger partial charge in [-0.05, 0) is 24.8 Å². The zero-order valence-corrected chi connectivity index (χ0v) is 12.0. The predicted octanol–water partition coefficient (Wildman–Crippen LogP) is 1.19. The number of aromatic nitrogens is 2. The van der Waals surface area contributed by atoms with Crippen LogP contribution in [0, 0.1) is 12.3 Å². The van der Waals surface area contributed by atoms with Gasteiger partial charge in [0.05, 0.1) is 0 Å². The molecule has 6 heteroatoms. The van der Waals surface area contributed by atoms with Gasteiger partial charge in [-0.3, -0.25) is 4.79 Å². The third-order valence-corrected chi connectivity index (χ3v) is 3.09. The van der Waals surface area contributed by atoms with Crippen molar-refractivity contribution < 1.29 is 9.32 Å². The molecule has 3 N–H and O–H groups in total. The predicted molar refractivity (Wildman–Crippen MR) is 72.4 cm³/mol. The number of nitrogens with one attached hydrogen (secondary N) is 1. The van der Waals surface area contributed by atoms with Gasteiger partial charge in [0.1, 0.15) is 0 Å². The molecule has 0 aromatic carbocycles. The quantitative estimate of drug-likeness (QED) is 0.738. The minimum atomic E-state index is 0.0605. The van der Waals surface area contributed by atoms with E-state index < -0.39 is 0 Å². The molecule has 0 spiro atoms. The number of hydrogen-bond donors (Lipinski definition) is 2. The summed E-state index contributed by atoms with van der Waals surface area (Å²) in [6, 6.07) is 0. The minimum Gasteiger partial charge on any atom is -0.356 e. The van der Waals surface area contributed by atoms with E-state index in [1.807, 2.05) is 0 Å². The van der Waals surface area contributed by atoms with Gasteiger partial charge in [-0.2, -0.15) is 4.98 Å². The maximum atomic E-state index is 11.7. The zero-order chi connectivity index (χ0) is 14.3. The van der Waals surface area contributed by atoms with Crippen LogP contribution in [-0.2, 0) is 11.2 Å². The third-order valence-electron chi connectivity index (χ3n) is 3.09. The molecule has 1 rings (SSSR count). The van der Waals surface area contributed by atoms with Crippen molar-refractivity contribution in [3.05, 3.63) is 11.7 Å². The summed E-state index contributed by atoms with van der Waals surface area (Å²) >= 11 is 0. The number of carbonyl (C=O) groups excluding carboxylic acids is 1. The SMILES string of the molecule is Cc1nc(CCNC(=O)CCC(C)(C)CCN)no1. The third kappa shape index (κ3) is 6.33. The van der Waals surface area contributed by atoms with Crippen LogP contribution in [-0.4, -0.2) is 29.1 Å². The van der Waals surface area contributed by atoms with Crippen molar-refractivity contribution >= 4 is 5.91 Å². The summed E-state index contributed by atoms with van der Waals surface area (Å²) in [5.41, 5.74) is 5.67. The molecule has 0 aliphatic heterocycles. The molecule has 0 radical (unpaired) electrons. The van der Waals surface area contributed by atoms with Crippen LogP contribution in [0.15, 0.2) is 4.52 Å². The highest BCUT2D eigenvalue weighted by Crippen LogP contribution is 2.25. The van der Waals surface area contributed by atoms with Crippen LogP contribution in [0.2, 0.25) is 0 Å². The van der Waals surface area contributed by atoms with Gasteiger partial charge in [0.25, 0.3) is 0 Å². The maximum Gasteiger partial charge on any atom is 0.223 e. The van der Waals surface area contributed by atoms with Crippen molar-refractivity contribution in [2.45, 2.75) is 46.5 Å². The Kier molecular flexibility index (Phi) is 5.95. The molecule has 19 heavy (non-hydrogen) atoms. The van der Waals surface area contributed by atoms with E-state index in [1.165, 1.54) is 0 Å². The van der Waals surface area contributed by atoms with Crippen molar-refractivity contribution in [3.8, 4) is 0 Å². The molecular weight excluding hydrogens is 244 g/mol. The van der Waals surface area contributed by atoms with E-state index in [9.17, 15) is 4.79 Å². The van der Waals surface area contributed by atoms with Crippen LogP contribution in [0.5, 0.6) is 0 Å². The second-order valence-corrected chi connectivity index (χ2v) is 5.53. The molecule has 6 nitrogen and oxygen atoms in total. The molecule has 0 saturated carbocycles. The lowest BCUT2D eigenvalue weighted by Crippen LogP contribution is -2.27. The number of hydrogen-bond acceptors (Lipinski definition) is 5. The Morgan fingerprint density at radius 1 is 1.42 bits per heavy atom. The summed E-state index contributed by atoms with van der Waals surface area (Å²) in [4.78, 5) is 15.8. The van der Waals surface area contributed by atoms with Gasteiger partial charge in [-0.15, -0.1) is 0 Å². The van der Waals surface area contributed by atoms with Crippen LogP contribution in [0.1, 0.15) is 44.8 Å². The summed E-state index contributed by atoms with van der Waals surface area (Å²) in [7, 11) is 0. The molecule has 1 heterocycles. The van der Waals surface area contributed by atoms with E-state index in [2.05, 4.69) is 29.3 Å². The average molecular weight is 268 g/mol. The van der Waals surface area contributed by atoms with Gasteiger partial charge in [0.15, 0.2) is 5.82 Å². The highest BCUT2D eigenvalue weighted by Gasteiger charge is 2.18. The molecule has 0 saturated heterocycles. The first-order valence-electron chi connectivity index (χ1n) is 6.69. The van der Waals surface area contributed by atoms with E-state index in [4.69, 9.17) is 10.3 Å². The molecule has 0 atom stereocenters. The number of amides is 1. The van der Waals surface area contributed by atoms with Crippen molar-refractivity contribution in [3.63, 3.8) is 0 Å². The van der Waals surface area contributed by atoms with Crippen LogP contribution < -0.4 is 11.1 Å². The Bertz CT molecular complexity index is 401. The topological polar surface area (TPSA) is 94.0 Å². The standard InChI is InChI=1S/C13H24N4O2/c1-10-16-11(17-19-10)5-9-15-12(18)4-6-13(2,3)7-8-14/h4-9,14H2,1-3H3,(H,15,18). The summed E-state index contributed by atoms with van der Waals surface area (Å²) in [6.45, 7) is 7.21. The van der Waals surface area contributed by atoms with Gasteiger partial charge >= 0.3 is 0 Å². The fourth-order valence-corrected chi connectivity index (χ4v) is 1.81. The van der Waals surface area contributed by atoms with E-state index in [0.717, 1.165) is 12.8 Å². The van der Waals surface area contributed by atoms with E-state index >= 15 is 0 Å². The lowest BCUT2D eigenvalue weighted by Gasteiger charge is -2.23. The first-order valence-corrected chi connectivity index (χ1v) is 6.69. The summed E-state index contributed by atoms with van der Waals surface area (Å²) in [5.74, 6) is 1.23. The van der Waals surface area contributed by atoms with Crippen molar-refractivity contribution in [1.29, 1.82) is 0 Å². The Hall–Kier alpha value is -1.43. The lowest BCUT2D eigenvalue weighted by molar-refractivity contribution is -0.121. The van der Waals surface area contributed by atoms with Gasteiger partial charge in [0, 0.05) is 26.3 Å². The largest absolute Gasteiger partial charge is 0.356 e. The lowest BCUT2D eigenvalue weighted by atomic mass is 9.84. The van der Waals surface area contributed by atoms with Crippen LogP contribution >= 0.6 is 0 Å². The number of carbonyl (C=O) groups is 1. The normalized spacial score (nSPS) is 11.6. The van der Waals surface area contributed by atoms with Gasteiger partial charge in [0.2, 0.25) is 11.8 Å². The van der Waals surface area contributed by atoms with Crippen molar-refractivity contribution in [2.75, 3.05) is 13.1 Å². The second-order valence-electron chi connectivity index (χ2n) is 5.53. The fourth-order valence-electron chi connectivity index (χ4n) is 1.81. The average Bonchev–Trinajstić information content (AvgIpc) is 2.73. The molecule has 0 fully saturated rings. The molecule has 0 unspecified atom stereocenters. The van der Waals surface area contributed by atoms with E-state index in [0.29, 0.717) is 37.6 Å². The van der Waals surface area contributed by atoms with Crippen LogP contribution in [0.4, 0.5) is 0 Å². The Morgan fingerprint density at radius 3 is 2.74 bits per heavy atom. The monoisotopic (exact) mass is 268 g/mol. The Labute approximate surface area is 114 Å². The van der Waals surface area contributed by atoms with Crippen molar-refractivity contribution in [2.24, 2.45) is 11.1 Å². The van der Waals surface area contributed by atoms with Crippen molar-refractivity contribution in [1.82, 2.24) is 15.5 Å². The molecule has 108 valence electrons. The van der Waals surface area contributed by atoms with E-state index in [1.54, 1.807) is 6.92 Å². The molecule has 1 amide bonds. The molecular formula is C13H24N4O2. The molecule has 0 aliphatic rings. The molecule has 1 aromatic rings. The highest BCUT2D eigenvalue weighted by atomic mass is 16.5. The highest BCUT2D eigenvalue weighted by molar-refractivity contribution is 5.75. The fraction of sp³-hybridized carbons (Fsp3) is 0.769. The minimum absolute atomic E-state index is 0.0605. The van der Waals surface area contributed by atoms with Gasteiger partial charge in [-0.1, -0.05) is 19.0 Å². The Morgan fingerprint density at radius 2 is 2.16 bits per heavy atom. The second kappa shape index (κ2) is 7.23. The van der Waals surface area contributed by atoms with Gasteiger partial charge < -0.3 is 15.6 Å². The zero-order valence-electron chi connectivity index (χ0n) is 12.0. The number of aryl methyl sites for hydroxylation is 1. The number of nitrogens with zero attached hydrogens (tertiary/aromatic N) is 2. The van der Waals surface area contributed by atoms with Gasteiger partial charge in [-0.25, -0.2) is 0 Å². The number of nitrogens with two attached hydrogens (primary N) is 1. The number of rotatable bonds is 8. The Balaban J connectivity index is 2.18.